The maximum atomic E-state index is 5.84. The van der Waals surface area contributed by atoms with Gasteiger partial charge < -0.3 is 10.1 Å². The molecule has 1 N–H and O–H groups in total. The van der Waals surface area contributed by atoms with Crippen molar-refractivity contribution in [2.45, 2.75) is 38.8 Å². The first-order chi connectivity index (χ1) is 8.16. The fraction of sp³-hybridized carbons (Fsp3) is 0.667. The molecule has 94 valence electrons. The quantitative estimate of drug-likeness (QED) is 0.844. The summed E-state index contributed by atoms with van der Waals surface area (Å²) in [4.78, 5) is 8.31. The lowest BCUT2D eigenvalue weighted by Gasteiger charge is -2.34. The average Bonchev–Trinajstić information content (AvgIpc) is 2.29. The van der Waals surface area contributed by atoms with Crippen LogP contribution in [0.5, 0.6) is 0 Å². The van der Waals surface area contributed by atoms with Gasteiger partial charge in [0.1, 0.15) is 5.15 Å². The van der Waals surface area contributed by atoms with Crippen LogP contribution < -0.4 is 5.32 Å². The van der Waals surface area contributed by atoms with Gasteiger partial charge >= 0.3 is 0 Å². The molecule has 5 heteroatoms. The monoisotopic (exact) mass is 255 g/mol. The molecule has 0 aromatic carbocycles. The second-order valence-corrected chi connectivity index (χ2v) is 5.06. The Morgan fingerprint density at radius 1 is 1.53 bits per heavy atom. The molecular formula is C12H18ClN3O. The minimum absolute atomic E-state index is 0.214. The molecule has 1 aromatic heterocycles. The zero-order valence-electron chi connectivity index (χ0n) is 10.2. The van der Waals surface area contributed by atoms with Gasteiger partial charge in [-0.05, 0) is 24.8 Å². The molecule has 1 aliphatic heterocycles. The molecule has 1 fully saturated rings. The third-order valence-electron chi connectivity index (χ3n) is 2.96. The van der Waals surface area contributed by atoms with Crippen LogP contribution in [-0.4, -0.2) is 28.7 Å². The van der Waals surface area contributed by atoms with Crippen molar-refractivity contribution < 1.29 is 4.74 Å². The van der Waals surface area contributed by atoms with Gasteiger partial charge in [0.15, 0.2) is 0 Å². The highest BCUT2D eigenvalue weighted by molar-refractivity contribution is 6.29. The summed E-state index contributed by atoms with van der Waals surface area (Å²) in [6, 6.07) is 1.94. The molecule has 17 heavy (non-hydrogen) atoms. The molecule has 0 radical (unpaired) electrons. The average molecular weight is 256 g/mol. The Bertz CT molecular complexity index is 373. The van der Waals surface area contributed by atoms with Gasteiger partial charge in [0, 0.05) is 12.8 Å². The summed E-state index contributed by atoms with van der Waals surface area (Å²) in [5, 5.41) is 3.78. The van der Waals surface area contributed by atoms with E-state index in [2.05, 4.69) is 29.1 Å². The summed E-state index contributed by atoms with van der Waals surface area (Å²) in [5.41, 5.74) is 0. The normalized spacial score (nSPS) is 24.9. The van der Waals surface area contributed by atoms with Gasteiger partial charge in [-0.3, -0.25) is 0 Å². The second-order valence-electron chi connectivity index (χ2n) is 4.68. The smallest absolute Gasteiger partial charge is 0.224 e. The van der Waals surface area contributed by atoms with Crippen LogP contribution in [0, 0.1) is 5.92 Å². The van der Waals surface area contributed by atoms with E-state index in [0.29, 0.717) is 17.0 Å². The molecule has 2 atom stereocenters. The number of ether oxygens (including phenoxy) is 1. The van der Waals surface area contributed by atoms with Crippen molar-refractivity contribution in [3.05, 3.63) is 17.4 Å². The largest absolute Gasteiger partial charge is 0.376 e. The summed E-state index contributed by atoms with van der Waals surface area (Å²) in [6.45, 7) is 5.18. The van der Waals surface area contributed by atoms with E-state index < -0.39 is 0 Å². The first-order valence-corrected chi connectivity index (χ1v) is 6.41. The van der Waals surface area contributed by atoms with Crippen molar-refractivity contribution >= 4 is 17.5 Å². The molecule has 0 amide bonds. The lowest BCUT2D eigenvalue weighted by Crippen LogP contribution is -2.43. The Morgan fingerprint density at radius 3 is 3.06 bits per heavy atom. The zero-order valence-corrected chi connectivity index (χ0v) is 10.9. The van der Waals surface area contributed by atoms with Crippen LogP contribution in [0.25, 0.3) is 0 Å². The molecule has 0 saturated carbocycles. The maximum absolute atomic E-state index is 5.84. The lowest BCUT2D eigenvalue weighted by molar-refractivity contribution is -0.0204. The molecule has 1 aliphatic rings. The van der Waals surface area contributed by atoms with E-state index in [1.807, 2.05) is 0 Å². The fourth-order valence-electron chi connectivity index (χ4n) is 2.19. The predicted octanol–water partition coefficient (Wildman–Crippen LogP) is 2.75. The summed E-state index contributed by atoms with van der Waals surface area (Å²) in [6.07, 6.45) is 4.03. The summed E-state index contributed by atoms with van der Waals surface area (Å²) >= 11 is 5.84. The van der Waals surface area contributed by atoms with Crippen LogP contribution in [-0.2, 0) is 4.74 Å². The van der Waals surface area contributed by atoms with E-state index >= 15 is 0 Å². The molecule has 2 rings (SSSR count). The standard InChI is InChI=1S/C12H18ClN3O/c1-8(2)11-9(4-3-7-17-11)15-12-14-6-5-10(13)16-12/h5-6,8-9,11H,3-4,7H2,1-2H3,(H,14,15,16)/t9-,11+/m0/s1. The Balaban J connectivity index is 2.05. The third-order valence-corrected chi connectivity index (χ3v) is 3.17. The third kappa shape index (κ3) is 3.30. The van der Waals surface area contributed by atoms with Crippen molar-refractivity contribution in [2.75, 3.05) is 11.9 Å². The SMILES string of the molecule is CC(C)[C@H]1OCCC[C@@H]1Nc1nccc(Cl)n1. The zero-order chi connectivity index (χ0) is 12.3. The Morgan fingerprint density at radius 2 is 2.35 bits per heavy atom. The number of rotatable bonds is 3. The van der Waals surface area contributed by atoms with E-state index in [1.54, 1.807) is 12.3 Å². The van der Waals surface area contributed by atoms with Crippen molar-refractivity contribution in [2.24, 2.45) is 5.92 Å². The predicted molar refractivity (Wildman–Crippen MR) is 68.3 cm³/mol. The van der Waals surface area contributed by atoms with Crippen LogP contribution in [0.15, 0.2) is 12.3 Å². The van der Waals surface area contributed by atoms with Crippen LogP contribution >= 0.6 is 11.6 Å². The van der Waals surface area contributed by atoms with Crippen molar-refractivity contribution in [1.82, 2.24) is 9.97 Å². The van der Waals surface area contributed by atoms with Gasteiger partial charge in [0.25, 0.3) is 0 Å². The van der Waals surface area contributed by atoms with Crippen LogP contribution in [0.4, 0.5) is 5.95 Å². The van der Waals surface area contributed by atoms with Crippen LogP contribution in [0.3, 0.4) is 0 Å². The van der Waals surface area contributed by atoms with Gasteiger partial charge in [-0.2, -0.15) is 0 Å². The van der Waals surface area contributed by atoms with Crippen molar-refractivity contribution in [3.63, 3.8) is 0 Å². The first-order valence-electron chi connectivity index (χ1n) is 6.03. The van der Waals surface area contributed by atoms with Crippen LogP contribution in [0.1, 0.15) is 26.7 Å². The number of hydrogen-bond donors (Lipinski definition) is 1. The molecule has 0 aliphatic carbocycles. The molecular weight excluding hydrogens is 238 g/mol. The summed E-state index contributed by atoms with van der Waals surface area (Å²) in [7, 11) is 0. The minimum Gasteiger partial charge on any atom is -0.376 e. The second kappa shape index (κ2) is 5.65. The first kappa shape index (κ1) is 12.6. The van der Waals surface area contributed by atoms with E-state index in [4.69, 9.17) is 16.3 Å². The molecule has 1 aromatic rings. The molecule has 4 nitrogen and oxygen atoms in total. The summed E-state index contributed by atoms with van der Waals surface area (Å²) < 4.78 is 5.80. The van der Waals surface area contributed by atoms with E-state index in [1.165, 1.54) is 0 Å². The highest BCUT2D eigenvalue weighted by Crippen LogP contribution is 2.23. The molecule has 2 heterocycles. The molecule has 0 unspecified atom stereocenters. The number of nitrogens with one attached hydrogen (secondary N) is 1. The minimum atomic E-state index is 0.214. The molecule has 1 saturated heterocycles. The number of hydrogen-bond acceptors (Lipinski definition) is 4. The van der Waals surface area contributed by atoms with Crippen molar-refractivity contribution in [3.8, 4) is 0 Å². The Kier molecular flexibility index (Phi) is 4.18. The molecule has 0 bridgehead atoms. The fourth-order valence-corrected chi connectivity index (χ4v) is 2.32. The topological polar surface area (TPSA) is 47.0 Å². The van der Waals surface area contributed by atoms with Gasteiger partial charge in [-0.25, -0.2) is 9.97 Å². The number of nitrogens with zero attached hydrogens (tertiary/aromatic N) is 2. The number of aromatic nitrogens is 2. The van der Waals surface area contributed by atoms with Crippen LogP contribution in [0.2, 0.25) is 5.15 Å². The number of anilines is 1. The van der Waals surface area contributed by atoms with Gasteiger partial charge in [0.05, 0.1) is 12.1 Å². The Hall–Kier alpha value is -0.870. The summed E-state index contributed by atoms with van der Waals surface area (Å²) in [5.74, 6) is 1.06. The van der Waals surface area contributed by atoms with Gasteiger partial charge in [-0.15, -0.1) is 0 Å². The lowest BCUT2D eigenvalue weighted by atomic mass is 9.94. The van der Waals surface area contributed by atoms with E-state index in [0.717, 1.165) is 19.4 Å². The highest BCUT2D eigenvalue weighted by atomic mass is 35.5. The Labute approximate surface area is 107 Å². The van der Waals surface area contributed by atoms with Gasteiger partial charge in [0.2, 0.25) is 5.95 Å². The molecule has 0 spiro atoms. The van der Waals surface area contributed by atoms with Crippen molar-refractivity contribution in [1.29, 1.82) is 0 Å². The number of halogens is 1. The van der Waals surface area contributed by atoms with E-state index in [-0.39, 0.29) is 12.1 Å². The van der Waals surface area contributed by atoms with Gasteiger partial charge in [-0.1, -0.05) is 25.4 Å². The van der Waals surface area contributed by atoms with E-state index in [9.17, 15) is 0 Å². The highest BCUT2D eigenvalue weighted by Gasteiger charge is 2.28. The maximum Gasteiger partial charge on any atom is 0.224 e.